The normalized spacial score (nSPS) is 11.8. The minimum atomic E-state index is 0.927. The van der Waals surface area contributed by atoms with E-state index in [9.17, 15) is 0 Å². The van der Waals surface area contributed by atoms with Crippen LogP contribution in [0, 0.1) is 0 Å². The lowest BCUT2D eigenvalue weighted by Gasteiger charge is -2.07. The number of aromatic nitrogens is 3. The molecule has 3 aromatic carbocycles. The molecule has 0 bridgehead atoms. The van der Waals surface area contributed by atoms with Crippen LogP contribution in [0.15, 0.2) is 60.8 Å². The SMILES string of the molecule is c1ccc2nc3c(nc2c1)c1ccccc1c1cc[nH]c13. The molecule has 1 N–H and O–H groups in total. The van der Waals surface area contributed by atoms with E-state index in [-0.39, 0.29) is 0 Å². The highest BCUT2D eigenvalue weighted by Crippen LogP contribution is 2.33. The summed E-state index contributed by atoms with van der Waals surface area (Å²) in [7, 11) is 0. The van der Waals surface area contributed by atoms with Crippen LogP contribution in [0.5, 0.6) is 0 Å². The van der Waals surface area contributed by atoms with Crippen molar-refractivity contribution in [3.63, 3.8) is 0 Å². The molecule has 0 spiro atoms. The summed E-state index contributed by atoms with van der Waals surface area (Å²) < 4.78 is 0. The van der Waals surface area contributed by atoms with Crippen LogP contribution in [0.1, 0.15) is 0 Å². The van der Waals surface area contributed by atoms with Crippen molar-refractivity contribution in [1.29, 1.82) is 0 Å². The lowest BCUT2D eigenvalue weighted by Crippen LogP contribution is -1.90. The predicted octanol–water partition coefficient (Wildman–Crippen LogP) is 4.42. The first kappa shape index (κ1) is 10.8. The van der Waals surface area contributed by atoms with E-state index in [0.29, 0.717) is 0 Å². The molecule has 3 heteroatoms. The van der Waals surface area contributed by atoms with E-state index < -0.39 is 0 Å². The van der Waals surface area contributed by atoms with Gasteiger partial charge in [-0.1, -0.05) is 36.4 Å². The fraction of sp³-hybridized carbons (Fsp3) is 0. The third-order valence-electron chi connectivity index (χ3n) is 4.03. The van der Waals surface area contributed by atoms with Gasteiger partial charge in [0, 0.05) is 17.0 Å². The Labute approximate surface area is 120 Å². The predicted molar refractivity (Wildman–Crippen MR) is 86.4 cm³/mol. The Hall–Kier alpha value is -2.94. The smallest absolute Gasteiger partial charge is 0.114 e. The molecule has 2 heterocycles. The fourth-order valence-corrected chi connectivity index (χ4v) is 3.08. The summed E-state index contributed by atoms with van der Waals surface area (Å²) in [4.78, 5) is 13.0. The Balaban J connectivity index is 2.18. The van der Waals surface area contributed by atoms with Crippen molar-refractivity contribution in [2.24, 2.45) is 0 Å². The maximum atomic E-state index is 4.85. The molecule has 0 aliphatic rings. The van der Waals surface area contributed by atoms with Crippen LogP contribution in [0.4, 0.5) is 0 Å². The van der Waals surface area contributed by atoms with Crippen molar-refractivity contribution >= 4 is 43.7 Å². The van der Waals surface area contributed by atoms with E-state index in [1.54, 1.807) is 0 Å². The molecular formula is C18H11N3. The van der Waals surface area contributed by atoms with Gasteiger partial charge in [0.2, 0.25) is 0 Å². The monoisotopic (exact) mass is 269 g/mol. The van der Waals surface area contributed by atoms with Crippen molar-refractivity contribution < 1.29 is 0 Å². The number of benzene rings is 3. The highest BCUT2D eigenvalue weighted by atomic mass is 14.8. The molecule has 5 rings (SSSR count). The summed E-state index contributed by atoms with van der Waals surface area (Å²) in [5.41, 5.74) is 4.81. The number of nitrogens with one attached hydrogen (secondary N) is 1. The molecule has 0 aliphatic carbocycles. The summed E-state index contributed by atoms with van der Waals surface area (Å²) in [5.74, 6) is 0. The first-order chi connectivity index (χ1) is 10.4. The van der Waals surface area contributed by atoms with Gasteiger partial charge in [-0.2, -0.15) is 0 Å². The van der Waals surface area contributed by atoms with Crippen molar-refractivity contribution in [2.75, 3.05) is 0 Å². The molecule has 2 aromatic heterocycles. The number of hydrogen-bond donors (Lipinski definition) is 1. The lowest BCUT2D eigenvalue weighted by molar-refractivity contribution is 1.40. The first-order valence-corrected chi connectivity index (χ1v) is 6.96. The van der Waals surface area contributed by atoms with Gasteiger partial charge < -0.3 is 4.98 Å². The number of hydrogen-bond acceptors (Lipinski definition) is 2. The second kappa shape index (κ2) is 3.79. The second-order valence-electron chi connectivity index (χ2n) is 5.22. The lowest BCUT2D eigenvalue weighted by atomic mass is 10.0. The number of fused-ring (bicyclic) bond motifs is 7. The number of H-pyrrole nitrogens is 1. The van der Waals surface area contributed by atoms with Crippen LogP contribution in [-0.2, 0) is 0 Å². The first-order valence-electron chi connectivity index (χ1n) is 6.96. The minimum Gasteiger partial charge on any atom is -0.359 e. The van der Waals surface area contributed by atoms with E-state index in [0.717, 1.165) is 33.0 Å². The fourth-order valence-electron chi connectivity index (χ4n) is 3.08. The molecular weight excluding hydrogens is 258 g/mol. The van der Waals surface area contributed by atoms with Crippen molar-refractivity contribution in [1.82, 2.24) is 15.0 Å². The molecule has 0 aliphatic heterocycles. The van der Waals surface area contributed by atoms with Crippen LogP contribution in [-0.4, -0.2) is 15.0 Å². The Morgan fingerprint density at radius 3 is 2.10 bits per heavy atom. The average molecular weight is 269 g/mol. The van der Waals surface area contributed by atoms with Crippen molar-refractivity contribution in [2.45, 2.75) is 0 Å². The van der Waals surface area contributed by atoms with E-state index >= 15 is 0 Å². The molecule has 0 amide bonds. The van der Waals surface area contributed by atoms with Gasteiger partial charge in [0.15, 0.2) is 0 Å². The van der Waals surface area contributed by atoms with Gasteiger partial charge in [0.25, 0.3) is 0 Å². The van der Waals surface area contributed by atoms with Gasteiger partial charge in [0.1, 0.15) is 5.52 Å². The molecule has 0 fully saturated rings. The zero-order valence-electron chi connectivity index (χ0n) is 11.2. The third kappa shape index (κ3) is 1.37. The molecule has 0 saturated heterocycles. The maximum absolute atomic E-state index is 4.85. The summed E-state index contributed by atoms with van der Waals surface area (Å²) in [6.45, 7) is 0. The summed E-state index contributed by atoms with van der Waals surface area (Å²) in [6, 6.07) is 18.5. The highest BCUT2D eigenvalue weighted by Gasteiger charge is 2.12. The van der Waals surface area contributed by atoms with Gasteiger partial charge in [-0.15, -0.1) is 0 Å². The Morgan fingerprint density at radius 1 is 0.619 bits per heavy atom. The van der Waals surface area contributed by atoms with E-state index in [1.807, 2.05) is 30.5 Å². The van der Waals surface area contributed by atoms with Gasteiger partial charge in [-0.25, -0.2) is 9.97 Å². The molecule has 5 aromatic rings. The van der Waals surface area contributed by atoms with Gasteiger partial charge in [0.05, 0.1) is 22.1 Å². The number of para-hydroxylation sites is 2. The largest absolute Gasteiger partial charge is 0.359 e. The van der Waals surface area contributed by atoms with Gasteiger partial charge in [-0.05, 0) is 23.6 Å². The van der Waals surface area contributed by atoms with Crippen LogP contribution < -0.4 is 0 Å². The molecule has 0 radical (unpaired) electrons. The third-order valence-corrected chi connectivity index (χ3v) is 4.03. The van der Waals surface area contributed by atoms with Crippen LogP contribution >= 0.6 is 0 Å². The highest BCUT2D eigenvalue weighted by molar-refractivity contribution is 6.22. The summed E-state index contributed by atoms with van der Waals surface area (Å²) in [5, 5.41) is 3.56. The van der Waals surface area contributed by atoms with Gasteiger partial charge >= 0.3 is 0 Å². The molecule has 0 saturated carbocycles. The molecule has 98 valence electrons. The quantitative estimate of drug-likeness (QED) is 0.334. The summed E-state index contributed by atoms with van der Waals surface area (Å²) >= 11 is 0. The minimum absolute atomic E-state index is 0.927. The Bertz CT molecular complexity index is 1140. The standard InChI is InChI=1S/C18H11N3/c1-2-6-12-11(5-1)13-9-10-19-16(13)18-17(12)20-14-7-3-4-8-15(14)21-18/h1-10,19H. The Morgan fingerprint density at radius 2 is 1.29 bits per heavy atom. The van der Waals surface area contributed by atoms with Crippen LogP contribution in [0.3, 0.4) is 0 Å². The Kier molecular flexibility index (Phi) is 1.95. The molecule has 3 nitrogen and oxygen atoms in total. The number of aromatic amines is 1. The second-order valence-corrected chi connectivity index (χ2v) is 5.22. The molecule has 21 heavy (non-hydrogen) atoms. The van der Waals surface area contributed by atoms with E-state index in [4.69, 9.17) is 9.97 Å². The van der Waals surface area contributed by atoms with Crippen LogP contribution in [0.25, 0.3) is 43.7 Å². The maximum Gasteiger partial charge on any atom is 0.114 e. The zero-order valence-corrected chi connectivity index (χ0v) is 11.2. The number of nitrogens with zero attached hydrogens (tertiary/aromatic N) is 2. The topological polar surface area (TPSA) is 41.6 Å². The average Bonchev–Trinajstić information content (AvgIpc) is 3.03. The summed E-state index contributed by atoms with van der Waals surface area (Å²) in [6.07, 6.45) is 1.97. The zero-order chi connectivity index (χ0) is 13.8. The van der Waals surface area contributed by atoms with Crippen molar-refractivity contribution in [3.05, 3.63) is 60.8 Å². The molecule has 0 unspecified atom stereocenters. The van der Waals surface area contributed by atoms with E-state index in [1.165, 1.54) is 10.8 Å². The van der Waals surface area contributed by atoms with Crippen molar-refractivity contribution in [3.8, 4) is 0 Å². The van der Waals surface area contributed by atoms with E-state index in [2.05, 4.69) is 35.3 Å². The number of rotatable bonds is 0. The van der Waals surface area contributed by atoms with Crippen LogP contribution in [0.2, 0.25) is 0 Å². The molecule has 0 atom stereocenters. The van der Waals surface area contributed by atoms with Gasteiger partial charge in [-0.3, -0.25) is 0 Å².